The first-order valence-electron chi connectivity index (χ1n) is 10.2. The Morgan fingerprint density at radius 3 is 2.62 bits per heavy atom. The summed E-state index contributed by atoms with van der Waals surface area (Å²) >= 11 is 7.47. The fourth-order valence-electron chi connectivity index (χ4n) is 5.27. The Kier molecular flexibility index (Phi) is 5.36. The Labute approximate surface area is 203 Å². The summed E-state index contributed by atoms with van der Waals surface area (Å²) in [6, 6.07) is 1.13. The monoisotopic (exact) mass is 528 g/mol. The normalized spacial score (nSPS) is 27.9. The molecule has 13 heteroatoms. The van der Waals surface area contributed by atoms with Crippen LogP contribution in [0.4, 0.5) is 8.78 Å². The Morgan fingerprint density at radius 1 is 1.32 bits per heavy atom. The van der Waals surface area contributed by atoms with Gasteiger partial charge in [-0.2, -0.15) is 0 Å². The minimum absolute atomic E-state index is 0.101. The van der Waals surface area contributed by atoms with Crippen molar-refractivity contribution in [2.75, 3.05) is 13.4 Å². The van der Waals surface area contributed by atoms with Gasteiger partial charge in [0.05, 0.1) is 24.0 Å². The average Bonchev–Trinajstić information content (AvgIpc) is 3.26. The van der Waals surface area contributed by atoms with Crippen molar-refractivity contribution >= 4 is 44.8 Å². The number of methoxy groups -OCH3 is 1. The molecule has 0 saturated heterocycles. The number of hydrogen-bond donors (Lipinski definition) is 2. The Balaban J connectivity index is 1.64. The number of nitrogens with zero attached hydrogens (tertiary/aromatic N) is 2. The van der Waals surface area contributed by atoms with Crippen LogP contribution in [0.2, 0.25) is 5.02 Å². The maximum atomic E-state index is 14.4. The predicted octanol–water partition coefficient (Wildman–Crippen LogP) is 3.06. The number of halogens is 3. The largest absolute Gasteiger partial charge is 0.466 e. The lowest BCUT2D eigenvalue weighted by molar-refractivity contribution is -0.138. The molecule has 1 aromatic carbocycles. The van der Waals surface area contributed by atoms with Gasteiger partial charge in [-0.1, -0.05) is 17.7 Å². The maximum absolute atomic E-state index is 14.4. The van der Waals surface area contributed by atoms with Gasteiger partial charge in [0.2, 0.25) is 10.0 Å². The minimum atomic E-state index is -3.42. The van der Waals surface area contributed by atoms with Crippen molar-refractivity contribution in [1.82, 2.24) is 15.0 Å². The highest BCUT2D eigenvalue weighted by Gasteiger charge is 2.71. The van der Waals surface area contributed by atoms with Crippen LogP contribution in [-0.2, 0) is 19.6 Å². The van der Waals surface area contributed by atoms with Gasteiger partial charge in [-0.15, -0.1) is 11.3 Å². The molecule has 0 radical (unpaired) electrons. The van der Waals surface area contributed by atoms with Gasteiger partial charge in [-0.05, 0) is 25.3 Å². The number of nitrogens with one attached hydrogen (secondary N) is 2. The van der Waals surface area contributed by atoms with Gasteiger partial charge in [-0.3, -0.25) is 4.99 Å². The number of ether oxygens (including phenoxy) is 1. The summed E-state index contributed by atoms with van der Waals surface area (Å²) in [5.74, 6) is -2.72. The molecule has 2 heterocycles. The van der Waals surface area contributed by atoms with E-state index in [0.29, 0.717) is 35.8 Å². The topological polar surface area (TPSA) is 110 Å². The summed E-state index contributed by atoms with van der Waals surface area (Å²) in [6.45, 7) is 0. The average molecular weight is 529 g/mol. The third kappa shape index (κ3) is 3.63. The minimum Gasteiger partial charge on any atom is -0.466 e. The van der Waals surface area contributed by atoms with Crippen LogP contribution in [0.1, 0.15) is 35.9 Å². The zero-order valence-corrected chi connectivity index (χ0v) is 20.4. The van der Waals surface area contributed by atoms with Crippen LogP contribution < -0.4 is 10.0 Å². The molecule has 2 N–H and O–H groups in total. The summed E-state index contributed by atoms with van der Waals surface area (Å²) in [5, 5.41) is 5.01. The van der Waals surface area contributed by atoms with Crippen molar-refractivity contribution in [3.8, 4) is 0 Å². The molecule has 3 saturated carbocycles. The van der Waals surface area contributed by atoms with E-state index in [0.717, 1.165) is 12.3 Å². The number of sulfonamides is 1. The highest BCUT2D eigenvalue weighted by atomic mass is 35.5. The smallest absolute Gasteiger partial charge is 0.338 e. The quantitative estimate of drug-likeness (QED) is 0.440. The van der Waals surface area contributed by atoms with Crippen molar-refractivity contribution in [2.24, 2.45) is 10.4 Å². The Bertz CT molecular complexity index is 1360. The predicted molar refractivity (Wildman–Crippen MR) is 122 cm³/mol. The zero-order valence-electron chi connectivity index (χ0n) is 18.0. The van der Waals surface area contributed by atoms with E-state index in [1.165, 1.54) is 24.5 Å². The number of esters is 1. The van der Waals surface area contributed by atoms with Crippen molar-refractivity contribution in [3.63, 3.8) is 0 Å². The summed E-state index contributed by atoms with van der Waals surface area (Å²) in [6.07, 6.45) is 4.07. The number of aromatic nitrogens is 1. The molecule has 34 heavy (non-hydrogen) atoms. The summed E-state index contributed by atoms with van der Waals surface area (Å²) < 4.78 is 59.4. The van der Waals surface area contributed by atoms with Crippen molar-refractivity contribution < 1.29 is 26.7 Å². The lowest BCUT2D eigenvalue weighted by Crippen LogP contribution is -2.76. The molecule has 1 atom stereocenters. The van der Waals surface area contributed by atoms with Crippen molar-refractivity contribution in [2.45, 2.75) is 30.8 Å². The van der Waals surface area contributed by atoms with Crippen LogP contribution in [0.15, 0.2) is 40.0 Å². The van der Waals surface area contributed by atoms with E-state index in [1.54, 1.807) is 11.6 Å². The van der Waals surface area contributed by atoms with Crippen molar-refractivity contribution in [1.29, 1.82) is 0 Å². The van der Waals surface area contributed by atoms with Crippen LogP contribution in [0.3, 0.4) is 0 Å². The molecule has 6 rings (SSSR count). The highest BCUT2D eigenvalue weighted by Crippen LogP contribution is 2.71. The van der Waals surface area contributed by atoms with Crippen LogP contribution in [0.5, 0.6) is 0 Å². The van der Waals surface area contributed by atoms with E-state index in [-0.39, 0.29) is 11.1 Å². The Hall–Kier alpha value is -2.41. The second-order valence-electron chi connectivity index (χ2n) is 8.85. The fraction of sp³-hybridized carbons (Fsp3) is 0.381. The summed E-state index contributed by atoms with van der Waals surface area (Å²) in [5.41, 5.74) is -0.396. The van der Waals surface area contributed by atoms with Gasteiger partial charge < -0.3 is 10.1 Å². The third-order valence-corrected chi connectivity index (χ3v) is 8.37. The number of rotatable bonds is 6. The number of allylic oxidation sites excluding steroid dienone is 1. The molecule has 2 aromatic rings. The number of hydrogen-bond acceptors (Lipinski definition) is 8. The molecule has 2 bridgehead atoms. The maximum Gasteiger partial charge on any atom is 0.338 e. The Morgan fingerprint density at radius 2 is 2.03 bits per heavy atom. The molecule has 4 aliphatic rings. The first-order chi connectivity index (χ1) is 16.0. The molecular weight excluding hydrogens is 510 g/mol. The van der Waals surface area contributed by atoms with Crippen LogP contribution >= 0.6 is 22.9 Å². The SMILES string of the molecule is COC(=O)C1=C(C23CC(NS(C)(=O)=O)(C2)C3)NC(c2nccs2)=NC1c1ccc(F)c(F)c1Cl. The van der Waals surface area contributed by atoms with E-state index >= 15 is 0 Å². The third-order valence-electron chi connectivity index (χ3n) is 6.41. The van der Waals surface area contributed by atoms with Crippen LogP contribution in [0, 0.1) is 17.0 Å². The van der Waals surface area contributed by atoms with E-state index in [2.05, 4.69) is 20.0 Å². The summed E-state index contributed by atoms with van der Waals surface area (Å²) in [7, 11) is -2.20. The van der Waals surface area contributed by atoms with E-state index in [9.17, 15) is 22.0 Å². The standard InChI is InChI=1S/C21H19ClF2N4O4S2/c1-32-19(29)12-15(10-3-4-11(23)14(24)13(10)22)26-17(18-25-5-6-33-18)27-16(12)20-7-21(8-20,9-20)28-34(2,30)31/h3-6,15,28H,7-9H2,1-2H3,(H,26,27). The van der Waals surface area contributed by atoms with Gasteiger partial charge in [-0.25, -0.2) is 31.7 Å². The number of benzene rings is 1. The second kappa shape index (κ2) is 7.80. The molecule has 1 aliphatic heterocycles. The highest BCUT2D eigenvalue weighted by molar-refractivity contribution is 7.88. The molecule has 180 valence electrons. The van der Waals surface area contributed by atoms with E-state index in [1.807, 2.05) is 0 Å². The van der Waals surface area contributed by atoms with Gasteiger partial charge in [0, 0.05) is 33.8 Å². The number of thiazole rings is 1. The number of carbonyl (C=O) groups excluding carboxylic acids is 1. The van der Waals surface area contributed by atoms with E-state index in [4.69, 9.17) is 16.3 Å². The van der Waals surface area contributed by atoms with Gasteiger partial charge in [0.15, 0.2) is 22.5 Å². The van der Waals surface area contributed by atoms with E-state index < -0.39 is 49.6 Å². The first-order valence-corrected chi connectivity index (χ1v) is 13.3. The number of carbonyl (C=O) groups is 1. The van der Waals surface area contributed by atoms with Gasteiger partial charge in [0.1, 0.15) is 6.04 Å². The van der Waals surface area contributed by atoms with Gasteiger partial charge >= 0.3 is 5.97 Å². The lowest BCUT2D eigenvalue weighted by atomic mass is 9.38. The van der Waals surface area contributed by atoms with Gasteiger partial charge in [0.25, 0.3) is 0 Å². The molecular formula is C21H19ClF2N4O4S2. The number of amidine groups is 1. The molecule has 8 nitrogen and oxygen atoms in total. The van der Waals surface area contributed by atoms with Crippen LogP contribution in [-0.4, -0.2) is 44.1 Å². The lowest BCUT2D eigenvalue weighted by Gasteiger charge is -2.71. The van der Waals surface area contributed by atoms with Crippen molar-refractivity contribution in [3.05, 3.63) is 62.2 Å². The molecule has 3 aliphatic carbocycles. The first kappa shape index (κ1) is 23.3. The summed E-state index contributed by atoms with van der Waals surface area (Å²) in [4.78, 5) is 21.9. The second-order valence-corrected chi connectivity index (χ2v) is 11.9. The number of aliphatic imine (C=N–C) groups is 1. The molecule has 0 spiro atoms. The fourth-order valence-corrected chi connectivity index (χ4v) is 7.12. The van der Waals surface area contributed by atoms with Crippen LogP contribution in [0.25, 0.3) is 0 Å². The zero-order chi connectivity index (χ0) is 24.5. The molecule has 1 unspecified atom stereocenters. The molecule has 3 fully saturated rings. The molecule has 0 amide bonds. The molecule has 1 aromatic heterocycles.